The van der Waals surface area contributed by atoms with E-state index in [0.29, 0.717) is 13.1 Å². The van der Waals surface area contributed by atoms with Crippen molar-refractivity contribution in [2.75, 3.05) is 6.54 Å². The Kier molecular flexibility index (Phi) is 4.82. The zero-order valence-corrected chi connectivity index (χ0v) is 12.1. The summed E-state index contributed by atoms with van der Waals surface area (Å²) in [5, 5.41) is 19.8. The van der Waals surface area contributed by atoms with Crippen molar-refractivity contribution in [3.8, 4) is 0 Å². The molecule has 19 heavy (non-hydrogen) atoms. The van der Waals surface area contributed by atoms with E-state index in [-0.39, 0.29) is 17.6 Å². The zero-order chi connectivity index (χ0) is 13.7. The number of hydrogen-bond donors (Lipinski definition) is 3. The zero-order valence-electron chi connectivity index (χ0n) is 11.3. The summed E-state index contributed by atoms with van der Waals surface area (Å²) in [5.74, 6) is 0. The quantitative estimate of drug-likeness (QED) is 0.794. The molecule has 1 aliphatic carbocycles. The van der Waals surface area contributed by atoms with Crippen molar-refractivity contribution in [2.45, 2.75) is 45.3 Å². The van der Waals surface area contributed by atoms with E-state index in [1.807, 2.05) is 16.8 Å². The summed E-state index contributed by atoms with van der Waals surface area (Å²) in [6, 6.07) is 1.84. The van der Waals surface area contributed by atoms with E-state index in [1.165, 1.54) is 0 Å². The van der Waals surface area contributed by atoms with Gasteiger partial charge in [-0.1, -0.05) is 19.8 Å². The minimum Gasteiger partial charge on any atom is -0.392 e. The van der Waals surface area contributed by atoms with Crippen LogP contribution in [0.4, 0.5) is 4.79 Å². The Morgan fingerprint density at radius 1 is 1.53 bits per heavy atom. The highest BCUT2D eigenvalue weighted by atomic mass is 32.1. The first kappa shape index (κ1) is 14.3. The van der Waals surface area contributed by atoms with Crippen molar-refractivity contribution in [1.29, 1.82) is 0 Å². The summed E-state index contributed by atoms with van der Waals surface area (Å²) in [6.45, 7) is 3.13. The number of amides is 2. The molecule has 1 fully saturated rings. The Hall–Kier alpha value is -1.07. The molecule has 2 rings (SSSR count). The molecule has 2 unspecified atom stereocenters. The molecule has 0 bridgehead atoms. The Morgan fingerprint density at radius 3 is 3.05 bits per heavy atom. The van der Waals surface area contributed by atoms with E-state index in [0.717, 1.165) is 31.2 Å². The van der Waals surface area contributed by atoms with Crippen molar-refractivity contribution >= 4 is 17.4 Å². The highest BCUT2D eigenvalue weighted by molar-refractivity contribution is 7.07. The Labute approximate surface area is 118 Å². The lowest BCUT2D eigenvalue weighted by Crippen LogP contribution is -2.47. The maximum Gasteiger partial charge on any atom is 0.315 e. The molecule has 4 nitrogen and oxygen atoms in total. The van der Waals surface area contributed by atoms with Gasteiger partial charge >= 0.3 is 6.03 Å². The Balaban J connectivity index is 1.73. The third-order valence-corrected chi connectivity index (χ3v) is 4.70. The first-order chi connectivity index (χ1) is 9.10. The van der Waals surface area contributed by atoms with Gasteiger partial charge in [0.15, 0.2) is 0 Å². The van der Waals surface area contributed by atoms with Crippen LogP contribution < -0.4 is 10.6 Å². The highest BCUT2D eigenvalue weighted by Crippen LogP contribution is 2.35. The number of thiophene rings is 1. The molecule has 1 saturated carbocycles. The molecule has 0 radical (unpaired) electrons. The summed E-state index contributed by atoms with van der Waals surface area (Å²) in [6.07, 6.45) is 3.72. The molecule has 0 aliphatic heterocycles. The average Bonchev–Trinajstić information content (AvgIpc) is 2.91. The molecule has 1 aromatic rings. The topological polar surface area (TPSA) is 61.4 Å². The van der Waals surface area contributed by atoms with Crippen LogP contribution in [0.25, 0.3) is 0 Å². The standard InChI is InChI=1S/C14H22N2O2S/c1-14(6-3-2-4-12(14)17)10-16-13(18)15-8-11-5-7-19-9-11/h5,7,9,12,17H,2-4,6,8,10H2,1H3,(H2,15,16,18). The lowest BCUT2D eigenvalue weighted by molar-refractivity contribution is 0.00309. The Bertz CT molecular complexity index is 408. The van der Waals surface area contributed by atoms with Gasteiger partial charge in [-0.3, -0.25) is 0 Å². The average molecular weight is 282 g/mol. The molecule has 2 atom stereocenters. The molecule has 106 valence electrons. The molecule has 1 aromatic heterocycles. The smallest absolute Gasteiger partial charge is 0.315 e. The summed E-state index contributed by atoms with van der Waals surface area (Å²) < 4.78 is 0. The molecular formula is C14H22N2O2S. The summed E-state index contributed by atoms with van der Waals surface area (Å²) in [7, 11) is 0. The van der Waals surface area contributed by atoms with Gasteiger partial charge in [0.05, 0.1) is 6.10 Å². The van der Waals surface area contributed by atoms with Crippen LogP contribution in [0.15, 0.2) is 16.8 Å². The minimum atomic E-state index is -0.307. The van der Waals surface area contributed by atoms with Crippen molar-refractivity contribution in [1.82, 2.24) is 10.6 Å². The number of aliphatic hydroxyl groups excluding tert-OH is 1. The summed E-state index contributed by atoms with van der Waals surface area (Å²) >= 11 is 1.62. The van der Waals surface area contributed by atoms with Gasteiger partial charge < -0.3 is 15.7 Å². The number of carbonyl (C=O) groups is 1. The predicted octanol–water partition coefficient (Wildman–Crippen LogP) is 2.49. The second-order valence-corrected chi connectivity index (χ2v) is 6.36. The Morgan fingerprint density at radius 2 is 2.37 bits per heavy atom. The van der Waals surface area contributed by atoms with Crippen LogP contribution in [0, 0.1) is 5.41 Å². The summed E-state index contributed by atoms with van der Waals surface area (Å²) in [5.41, 5.74) is 0.932. The van der Waals surface area contributed by atoms with Crippen LogP contribution in [-0.4, -0.2) is 23.8 Å². The molecule has 0 aromatic carbocycles. The van der Waals surface area contributed by atoms with Crippen molar-refractivity contribution in [2.24, 2.45) is 5.41 Å². The molecule has 0 spiro atoms. The second-order valence-electron chi connectivity index (χ2n) is 5.58. The number of nitrogens with one attached hydrogen (secondary N) is 2. The molecule has 5 heteroatoms. The fourth-order valence-electron chi connectivity index (χ4n) is 2.51. The minimum absolute atomic E-state index is 0.162. The van der Waals surface area contributed by atoms with E-state index in [9.17, 15) is 9.90 Å². The molecule has 1 aliphatic rings. The summed E-state index contributed by atoms with van der Waals surface area (Å²) in [4.78, 5) is 11.7. The van der Waals surface area contributed by atoms with Gasteiger partial charge in [0, 0.05) is 18.5 Å². The second kappa shape index (κ2) is 6.39. The molecule has 1 heterocycles. The number of hydrogen-bond acceptors (Lipinski definition) is 3. The van der Waals surface area contributed by atoms with E-state index in [4.69, 9.17) is 0 Å². The van der Waals surface area contributed by atoms with Gasteiger partial charge in [-0.05, 0) is 35.2 Å². The number of aliphatic hydroxyl groups is 1. The van der Waals surface area contributed by atoms with Gasteiger partial charge in [-0.15, -0.1) is 0 Å². The molecule has 3 N–H and O–H groups in total. The van der Waals surface area contributed by atoms with Crippen LogP contribution in [0.1, 0.15) is 38.2 Å². The van der Waals surface area contributed by atoms with E-state index in [1.54, 1.807) is 11.3 Å². The van der Waals surface area contributed by atoms with Gasteiger partial charge in [-0.25, -0.2) is 4.79 Å². The van der Waals surface area contributed by atoms with Gasteiger partial charge in [0.25, 0.3) is 0 Å². The maximum absolute atomic E-state index is 11.7. The van der Waals surface area contributed by atoms with Crippen molar-refractivity contribution in [3.63, 3.8) is 0 Å². The van der Waals surface area contributed by atoms with E-state index >= 15 is 0 Å². The van der Waals surface area contributed by atoms with Crippen LogP contribution >= 0.6 is 11.3 Å². The third-order valence-electron chi connectivity index (χ3n) is 3.97. The monoisotopic (exact) mass is 282 g/mol. The normalized spacial score (nSPS) is 26.9. The van der Waals surface area contributed by atoms with Gasteiger partial charge in [-0.2, -0.15) is 11.3 Å². The molecular weight excluding hydrogens is 260 g/mol. The van der Waals surface area contributed by atoms with Crippen molar-refractivity contribution < 1.29 is 9.90 Å². The lowest BCUT2D eigenvalue weighted by Gasteiger charge is -2.38. The molecule has 2 amide bonds. The first-order valence-electron chi connectivity index (χ1n) is 6.81. The van der Waals surface area contributed by atoms with Crippen molar-refractivity contribution in [3.05, 3.63) is 22.4 Å². The lowest BCUT2D eigenvalue weighted by atomic mass is 9.73. The number of urea groups is 1. The molecule has 0 saturated heterocycles. The largest absolute Gasteiger partial charge is 0.392 e. The van der Waals surface area contributed by atoms with E-state index < -0.39 is 0 Å². The van der Waals surface area contributed by atoms with Gasteiger partial charge in [0.2, 0.25) is 0 Å². The SMILES string of the molecule is CC1(CNC(=O)NCc2ccsc2)CCCCC1O. The van der Waals surface area contributed by atoms with Crippen LogP contribution in [0.2, 0.25) is 0 Å². The number of rotatable bonds is 4. The third kappa shape index (κ3) is 3.94. The van der Waals surface area contributed by atoms with Crippen LogP contribution in [-0.2, 0) is 6.54 Å². The van der Waals surface area contributed by atoms with E-state index in [2.05, 4.69) is 17.6 Å². The van der Waals surface area contributed by atoms with Crippen LogP contribution in [0.3, 0.4) is 0 Å². The maximum atomic E-state index is 11.7. The fourth-order valence-corrected chi connectivity index (χ4v) is 3.18. The fraction of sp³-hybridized carbons (Fsp3) is 0.643. The first-order valence-corrected chi connectivity index (χ1v) is 7.75. The predicted molar refractivity (Wildman–Crippen MR) is 77.1 cm³/mol. The van der Waals surface area contributed by atoms with Crippen LogP contribution in [0.5, 0.6) is 0 Å². The van der Waals surface area contributed by atoms with Gasteiger partial charge in [0.1, 0.15) is 0 Å². The number of carbonyl (C=O) groups excluding carboxylic acids is 1. The highest BCUT2D eigenvalue weighted by Gasteiger charge is 2.35.